The molecule has 45 heteroatoms. The first-order valence-corrected chi connectivity index (χ1v) is 47.2. The fourth-order valence-corrected chi connectivity index (χ4v) is 17.8. The van der Waals surface area contributed by atoms with Crippen LogP contribution in [0.1, 0.15) is 151 Å². The maximum Gasteiger partial charge on any atom is 0.252 e. The molecule has 5 aromatic carbocycles. The molecule has 4 aliphatic rings. The van der Waals surface area contributed by atoms with Gasteiger partial charge in [0.25, 0.3) is 5.91 Å². The summed E-state index contributed by atoms with van der Waals surface area (Å²) in [7, 11) is 3.29. The normalized spacial score (nSPS) is 20.9. The molecule has 0 aliphatic carbocycles. The van der Waals surface area contributed by atoms with Gasteiger partial charge in [0.1, 0.15) is 54.6 Å². The summed E-state index contributed by atoms with van der Waals surface area (Å²) in [5.41, 5.74) is 16.2. The van der Waals surface area contributed by atoms with Gasteiger partial charge in [-0.15, -0.1) is 0 Å². The minimum absolute atomic E-state index is 0.0419. The van der Waals surface area contributed by atoms with Crippen LogP contribution in [0.4, 0.5) is 0 Å². The molecule has 45 nitrogen and oxygen atoms in total. The number of aromatic nitrogens is 2. The summed E-state index contributed by atoms with van der Waals surface area (Å²) >= 11 is 0. The molecule has 23 N–H and O–H groups in total. The van der Waals surface area contributed by atoms with E-state index in [9.17, 15) is 91.1 Å². The topological polar surface area (TPSA) is 648 Å². The van der Waals surface area contributed by atoms with E-state index in [1.165, 1.54) is 0 Å². The first kappa shape index (κ1) is 106. The lowest BCUT2D eigenvalue weighted by atomic mass is 9.91. The van der Waals surface area contributed by atoms with Crippen LogP contribution in [0.25, 0.3) is 43.6 Å². The molecule has 0 unspecified atom stereocenters. The van der Waals surface area contributed by atoms with Crippen molar-refractivity contribution in [3.63, 3.8) is 0 Å². The minimum atomic E-state index is -1.73. The summed E-state index contributed by atoms with van der Waals surface area (Å²) in [4.78, 5) is 259. The minimum Gasteiger partial charge on any atom is -0.374 e. The second kappa shape index (κ2) is 49.9. The number of likely N-dealkylation sites (N-methyl/N-ethyl adjacent to an activating group) is 1. The van der Waals surface area contributed by atoms with Crippen molar-refractivity contribution in [1.82, 2.24) is 110 Å². The fourth-order valence-electron chi connectivity index (χ4n) is 17.8. The largest absolute Gasteiger partial charge is 0.374 e. The second-order valence-corrected chi connectivity index (χ2v) is 35.9. The monoisotopic (exact) mass is 1950 g/mol. The molecule has 4 aliphatic heterocycles. The van der Waals surface area contributed by atoms with E-state index in [1.807, 2.05) is 55.5 Å². The van der Waals surface area contributed by atoms with Crippen molar-refractivity contribution in [2.45, 2.75) is 204 Å². The van der Waals surface area contributed by atoms with Gasteiger partial charge in [-0.2, -0.15) is 0 Å². The standard InChI is InChI=1S/C96H126N24O21/c1-52(2)82-93(138)114-61(45-54-19-10-8-11-20-54)88(133)110-51-76(130)111-60(87(97)132)47-75(129)108-50-63(91(136)117-83(53(3)4)94(139)115-62(46-55-21-12-9-13-22-55)90(135)113-59(89(134)116-82)25-18-37-107-95(98)99)112-74(128)36-44-106-73(127)35-43-105-72(126)34-42-104-71(125)33-41-103-70(124)32-40-102-69(123)31-39-101-68(122)30-38-100-67(121)28-29-77(131)118(6)66-48-78-119-64-26-16-14-23-56(64)80-81-58(49-109-92(81)137)79-57-24-15-17-27-65(57)120(85(79)84(80)119)96(5,141-78)86(66)140-7/h8-17,19-24,26-27,52-53,59-63,66,78,82-83,86H,18,25,28-51H2,1-7H3,(H2,97,132)(H,100,121)(H,101,122)(H,102,123)(H,103,124)(H,104,125)(H,105,126)(H,106,127)(H,108,129)(H,109,137)(H,110,133)(H,111,130)(H,112,128)(H,113,135)(H,114,138)(H,115,139)(H,116,134)(H,117,136)(H4,98,99,107)/t59-,60-,61-,62-,63-,66+,78+,82-,83-,86+,96-/m0/s1. The van der Waals surface area contributed by atoms with Crippen molar-refractivity contribution in [1.29, 1.82) is 5.41 Å². The molecule has 0 saturated carbocycles. The van der Waals surface area contributed by atoms with Crippen LogP contribution < -0.4 is 107 Å². The third-order valence-electron chi connectivity index (χ3n) is 25.0. The number of benzene rings is 5. The van der Waals surface area contributed by atoms with Crippen LogP contribution in [-0.4, -0.2) is 266 Å². The number of rotatable bonds is 38. The number of nitrogens with zero attached hydrogens (tertiary/aromatic N) is 3. The Morgan fingerprint density at radius 2 is 0.943 bits per heavy atom. The molecule has 0 radical (unpaired) electrons. The Bertz CT molecular complexity index is 5870. The number of primary amides is 1. The summed E-state index contributed by atoms with van der Waals surface area (Å²) in [5.74, 6) is -15.3. The Kier molecular flexibility index (Phi) is 37.6. The van der Waals surface area contributed by atoms with Gasteiger partial charge in [0.05, 0.1) is 46.6 Å². The van der Waals surface area contributed by atoms with E-state index in [1.54, 1.807) is 107 Å². The maximum atomic E-state index is 14.7. The number of methoxy groups -OCH3 is 1. The molecule has 11 atom stereocenters. The quantitative estimate of drug-likeness (QED) is 0.0108. The van der Waals surface area contributed by atoms with E-state index in [4.69, 9.17) is 26.4 Å². The van der Waals surface area contributed by atoms with Crippen LogP contribution in [0.2, 0.25) is 0 Å². The average Bonchev–Trinajstić information content (AvgIpc) is 1.50. The Morgan fingerprint density at radius 1 is 0.489 bits per heavy atom. The number of carbonyl (C=O) groups is 19. The highest BCUT2D eigenvalue weighted by atomic mass is 16.6. The molecule has 2 aromatic heterocycles. The van der Waals surface area contributed by atoms with E-state index in [0.29, 0.717) is 29.7 Å². The highest BCUT2D eigenvalue weighted by Crippen LogP contribution is 2.54. The number of fused-ring (bicyclic) bond motifs is 13. The molecule has 2 fully saturated rings. The van der Waals surface area contributed by atoms with Crippen LogP contribution in [0.5, 0.6) is 0 Å². The number of para-hydroxylation sites is 2. The number of amides is 19. The van der Waals surface area contributed by atoms with Crippen LogP contribution in [0.3, 0.4) is 0 Å². The van der Waals surface area contributed by atoms with Crippen LogP contribution in [-0.2, 0) is 121 Å². The van der Waals surface area contributed by atoms with Crippen molar-refractivity contribution in [2.75, 3.05) is 79.6 Å². The molecule has 11 rings (SSSR count). The van der Waals surface area contributed by atoms with Crippen molar-refractivity contribution < 1.29 is 101 Å². The van der Waals surface area contributed by atoms with Gasteiger partial charge in [0, 0.05) is 178 Å². The lowest BCUT2D eigenvalue weighted by Crippen LogP contribution is -2.62. The van der Waals surface area contributed by atoms with E-state index in [2.05, 4.69) is 105 Å². The van der Waals surface area contributed by atoms with Gasteiger partial charge in [-0.1, -0.05) is 125 Å². The molecule has 7 aromatic rings. The first-order valence-electron chi connectivity index (χ1n) is 47.2. The summed E-state index contributed by atoms with van der Waals surface area (Å²) in [5, 5.41) is 58.1. The zero-order valence-electron chi connectivity index (χ0n) is 79.8. The van der Waals surface area contributed by atoms with Crippen LogP contribution in [0.15, 0.2) is 109 Å². The third kappa shape index (κ3) is 28.1. The second-order valence-electron chi connectivity index (χ2n) is 35.9. The lowest BCUT2D eigenvalue weighted by molar-refractivity contribution is -0.266. The van der Waals surface area contributed by atoms with Crippen molar-refractivity contribution in [2.24, 2.45) is 23.3 Å². The number of ether oxygens (including phenoxy) is 2. The number of hydrogen-bond acceptors (Lipinski definition) is 22. The summed E-state index contributed by atoms with van der Waals surface area (Å²) < 4.78 is 18.0. The van der Waals surface area contributed by atoms with E-state index >= 15 is 0 Å². The van der Waals surface area contributed by atoms with Gasteiger partial charge in [-0.3, -0.25) is 96.5 Å². The number of nitrogens with one attached hydrogen (secondary N) is 19. The number of nitrogens with two attached hydrogens (primary N) is 2. The Balaban J connectivity index is 0.576. The Labute approximate surface area is 811 Å². The lowest BCUT2D eigenvalue weighted by Gasteiger charge is -2.50. The maximum absolute atomic E-state index is 14.7. The van der Waals surface area contributed by atoms with Crippen molar-refractivity contribution in [3.8, 4) is 0 Å². The molecule has 141 heavy (non-hydrogen) atoms. The zero-order chi connectivity index (χ0) is 102. The van der Waals surface area contributed by atoms with Crippen LogP contribution in [0, 0.1) is 17.2 Å². The smallest absolute Gasteiger partial charge is 0.252 e. The predicted molar refractivity (Wildman–Crippen MR) is 514 cm³/mol. The molecule has 2 bridgehead atoms. The Hall–Kier alpha value is -15.2. The van der Waals surface area contributed by atoms with E-state index in [-0.39, 0.29) is 147 Å². The molecule has 0 spiro atoms. The summed E-state index contributed by atoms with van der Waals surface area (Å²) in [6.45, 7) is 6.38. The highest BCUT2D eigenvalue weighted by molar-refractivity contribution is 6.31. The molecule has 19 amide bonds. The molecule has 756 valence electrons. The van der Waals surface area contributed by atoms with Crippen molar-refractivity contribution in [3.05, 3.63) is 131 Å². The van der Waals surface area contributed by atoms with E-state index in [0.717, 1.165) is 49.2 Å². The van der Waals surface area contributed by atoms with Crippen LogP contribution >= 0.6 is 0 Å². The van der Waals surface area contributed by atoms with Gasteiger partial charge >= 0.3 is 0 Å². The van der Waals surface area contributed by atoms with E-state index < -0.39 is 205 Å². The zero-order valence-corrected chi connectivity index (χ0v) is 79.8. The molecule has 6 heterocycles. The predicted octanol–water partition coefficient (Wildman–Crippen LogP) is -2.51. The Morgan fingerprint density at radius 3 is 1.44 bits per heavy atom. The van der Waals surface area contributed by atoms with Gasteiger partial charge < -0.3 is 131 Å². The number of carbonyl (C=O) groups excluding carboxylic acids is 19. The SMILES string of the molecule is CO[C@@H]1[C@H](N(C)C(=O)CCC(=O)NCCC(=O)NCCC(=O)NCCC(=O)NCCC(=O)NCCC(=O)NCCC(=O)NCCC(=O)N[C@H]2CNC(=O)C[C@@H](C(N)=O)NC(=O)CNC(=O)[C@H](Cc3ccccc3)NC(=O)[C@H](C(C)C)NC(=O)[C@H](CCCNC(=N)N)NC(=O)[C@H](Cc3ccccc3)NC(=O)[C@H](C(C)C)NC2=O)C[C@H]2O[C@]1(C)n1c3ccccc3c3c4c(c5c6ccccc6n2c5c31)C(=O)NC4. The van der Waals surface area contributed by atoms with Gasteiger partial charge in [-0.25, -0.2) is 0 Å². The number of hydrogen-bond donors (Lipinski definition) is 21. The highest BCUT2D eigenvalue weighted by Gasteiger charge is 2.55. The molecule has 2 saturated heterocycles. The van der Waals surface area contributed by atoms with Gasteiger partial charge in [0.15, 0.2) is 11.7 Å². The average molecular weight is 1950 g/mol. The third-order valence-corrected chi connectivity index (χ3v) is 25.0. The summed E-state index contributed by atoms with van der Waals surface area (Å²) in [6.07, 6.45) is -3.94. The molecular weight excluding hydrogens is 1830 g/mol. The summed E-state index contributed by atoms with van der Waals surface area (Å²) in [6, 6.07) is 21.7. The van der Waals surface area contributed by atoms with Crippen molar-refractivity contribution >= 4 is 162 Å². The molecular formula is C96H126N24O21. The number of guanidine groups is 1. The fraction of sp³-hybridized carbons (Fsp3) is 0.479. The first-order chi connectivity index (χ1) is 67.4. The van der Waals surface area contributed by atoms with Gasteiger partial charge in [-0.05, 0) is 60.4 Å². The van der Waals surface area contributed by atoms with Gasteiger partial charge in [0.2, 0.25) is 106 Å².